The molecule has 3 nitrogen and oxygen atoms in total. The summed E-state index contributed by atoms with van der Waals surface area (Å²) in [4.78, 5) is 0. The Balaban J connectivity index is 3.17. The van der Waals surface area contributed by atoms with Crippen LogP contribution in [0.25, 0.3) is 0 Å². The summed E-state index contributed by atoms with van der Waals surface area (Å²) in [7, 11) is 5.96. The minimum absolute atomic E-state index is 0.254. The molecule has 0 aromatic carbocycles. The van der Waals surface area contributed by atoms with Gasteiger partial charge < -0.3 is 5.11 Å². The minimum atomic E-state index is 0.254. The van der Waals surface area contributed by atoms with Crippen LogP contribution in [0.3, 0.4) is 0 Å². The van der Waals surface area contributed by atoms with Crippen LogP contribution in [0.1, 0.15) is 0 Å². The van der Waals surface area contributed by atoms with Crippen molar-refractivity contribution in [2.45, 2.75) is 0 Å². The van der Waals surface area contributed by atoms with E-state index in [1.807, 2.05) is 26.2 Å². The molecule has 0 aliphatic carbocycles. The lowest BCUT2D eigenvalue weighted by Crippen LogP contribution is -3.15. The summed E-state index contributed by atoms with van der Waals surface area (Å²) in [6.07, 6.45) is 0. The van der Waals surface area contributed by atoms with Gasteiger partial charge in [-0.3, -0.25) is 5.01 Å². The molecule has 0 saturated heterocycles. The topological polar surface area (TPSA) is 27.9 Å². The molecule has 0 saturated carbocycles. The van der Waals surface area contributed by atoms with E-state index in [1.54, 1.807) is 0 Å². The molecule has 50 valence electrons. The highest BCUT2D eigenvalue weighted by atomic mass is 16.3. The van der Waals surface area contributed by atoms with Gasteiger partial charge in [0.15, 0.2) is 0 Å². The minimum Gasteiger partial charge on any atom is -0.390 e. The first kappa shape index (κ1) is 7.88. The second-order valence-corrected chi connectivity index (χ2v) is 2.10. The number of hydrogen-bond donors (Lipinski definition) is 2. The number of quaternary nitrogens is 1. The maximum Gasteiger partial charge on any atom is 0.118 e. The Bertz CT molecular complexity index is 56.4. The number of nitrogens with zero attached hydrogens (tertiary/aromatic N) is 1. The van der Waals surface area contributed by atoms with Gasteiger partial charge in [0.05, 0.1) is 13.7 Å². The summed E-state index contributed by atoms with van der Waals surface area (Å²) < 4.78 is 0. The van der Waals surface area contributed by atoms with Crippen LogP contribution in [0.2, 0.25) is 0 Å². The average molecular weight is 119 g/mol. The van der Waals surface area contributed by atoms with Crippen molar-refractivity contribution in [1.82, 2.24) is 5.01 Å². The number of nitrogens with one attached hydrogen (secondary N) is 1. The van der Waals surface area contributed by atoms with Crippen LogP contribution >= 0.6 is 0 Å². The molecular formula is C5H15N2O+. The Morgan fingerprint density at radius 3 is 2.12 bits per heavy atom. The molecule has 3 heteroatoms. The van der Waals surface area contributed by atoms with Gasteiger partial charge in [-0.1, -0.05) is 0 Å². The van der Waals surface area contributed by atoms with E-state index in [0.717, 1.165) is 6.54 Å². The number of aliphatic hydroxyl groups is 1. The highest BCUT2D eigenvalue weighted by Crippen LogP contribution is 1.49. The van der Waals surface area contributed by atoms with E-state index in [-0.39, 0.29) is 6.61 Å². The van der Waals surface area contributed by atoms with Crippen molar-refractivity contribution in [3.8, 4) is 0 Å². The standard InChI is InChI=1S/C5H14N2O/c1-6(2)7(3)4-5-8/h8H,4-5H2,1-3H3/p+1. The fourth-order valence-corrected chi connectivity index (χ4v) is 0.385. The van der Waals surface area contributed by atoms with Gasteiger partial charge >= 0.3 is 0 Å². The van der Waals surface area contributed by atoms with E-state index in [2.05, 4.69) is 0 Å². The molecule has 0 heterocycles. The summed E-state index contributed by atoms with van der Waals surface area (Å²) in [5.41, 5.74) is 0. The first-order chi connectivity index (χ1) is 3.68. The van der Waals surface area contributed by atoms with Crippen molar-refractivity contribution >= 4 is 0 Å². The van der Waals surface area contributed by atoms with E-state index < -0.39 is 0 Å². The summed E-state index contributed by atoms with van der Waals surface area (Å²) in [5.74, 6) is 0. The molecule has 2 N–H and O–H groups in total. The van der Waals surface area contributed by atoms with Crippen molar-refractivity contribution < 1.29 is 10.1 Å². The van der Waals surface area contributed by atoms with Gasteiger partial charge in [0.25, 0.3) is 0 Å². The maximum absolute atomic E-state index is 8.44. The van der Waals surface area contributed by atoms with Gasteiger partial charge in [-0.2, -0.15) is 5.01 Å². The quantitative estimate of drug-likeness (QED) is 0.419. The Morgan fingerprint density at radius 1 is 1.50 bits per heavy atom. The number of aliphatic hydroxyl groups excluding tert-OH is 1. The van der Waals surface area contributed by atoms with Gasteiger partial charge in [-0.15, -0.1) is 0 Å². The lowest BCUT2D eigenvalue weighted by Gasteiger charge is -2.18. The molecule has 0 fully saturated rings. The molecule has 0 rings (SSSR count). The van der Waals surface area contributed by atoms with Gasteiger partial charge in [-0.05, 0) is 0 Å². The van der Waals surface area contributed by atoms with E-state index in [4.69, 9.17) is 5.11 Å². The second-order valence-electron chi connectivity index (χ2n) is 2.10. The molecule has 0 aliphatic rings. The van der Waals surface area contributed by atoms with Gasteiger partial charge in [0.2, 0.25) is 0 Å². The fourth-order valence-electron chi connectivity index (χ4n) is 0.385. The SMILES string of the molecule is CN(C)[NH+](C)CCO. The summed E-state index contributed by atoms with van der Waals surface area (Å²) in [6, 6.07) is 0. The lowest BCUT2D eigenvalue weighted by atomic mass is 10.7. The predicted molar refractivity (Wildman–Crippen MR) is 32.5 cm³/mol. The average Bonchev–Trinajstić information content (AvgIpc) is 1.67. The summed E-state index contributed by atoms with van der Waals surface area (Å²) in [6.45, 7) is 1.04. The first-order valence-electron chi connectivity index (χ1n) is 2.79. The van der Waals surface area contributed by atoms with Crippen LogP contribution in [-0.2, 0) is 0 Å². The molecule has 0 aliphatic heterocycles. The van der Waals surface area contributed by atoms with Crippen LogP contribution in [0.4, 0.5) is 0 Å². The van der Waals surface area contributed by atoms with Crippen molar-refractivity contribution in [3.63, 3.8) is 0 Å². The van der Waals surface area contributed by atoms with Gasteiger partial charge in [0.1, 0.15) is 6.54 Å². The molecule has 1 atom stereocenters. The van der Waals surface area contributed by atoms with Crippen LogP contribution in [0.15, 0.2) is 0 Å². The van der Waals surface area contributed by atoms with Crippen molar-refractivity contribution in [3.05, 3.63) is 0 Å². The zero-order valence-electron chi connectivity index (χ0n) is 5.81. The zero-order valence-corrected chi connectivity index (χ0v) is 5.81. The van der Waals surface area contributed by atoms with E-state index in [9.17, 15) is 0 Å². The van der Waals surface area contributed by atoms with Gasteiger partial charge in [0, 0.05) is 14.1 Å². The Morgan fingerprint density at radius 2 is 2.00 bits per heavy atom. The molecule has 1 unspecified atom stereocenters. The maximum atomic E-state index is 8.44. The van der Waals surface area contributed by atoms with Crippen LogP contribution in [-0.4, -0.2) is 44.4 Å². The highest BCUT2D eigenvalue weighted by molar-refractivity contribution is 4.14. The normalized spacial score (nSPS) is 14.6. The number of rotatable bonds is 3. The largest absolute Gasteiger partial charge is 0.390 e. The van der Waals surface area contributed by atoms with E-state index >= 15 is 0 Å². The molecule has 0 aromatic rings. The molecule has 8 heavy (non-hydrogen) atoms. The Labute approximate surface area is 50.5 Å². The number of likely N-dealkylation sites (N-methyl/N-ethyl adjacent to an activating group) is 1. The third kappa shape index (κ3) is 2.96. The van der Waals surface area contributed by atoms with E-state index in [0.29, 0.717) is 0 Å². The van der Waals surface area contributed by atoms with Crippen LogP contribution in [0, 0.1) is 0 Å². The predicted octanol–water partition coefficient (Wildman–Crippen LogP) is -2.03. The zero-order chi connectivity index (χ0) is 6.57. The van der Waals surface area contributed by atoms with Crippen molar-refractivity contribution in [2.75, 3.05) is 34.3 Å². The van der Waals surface area contributed by atoms with E-state index in [1.165, 1.54) is 5.01 Å². The smallest absolute Gasteiger partial charge is 0.118 e. The Kier molecular flexibility index (Phi) is 3.77. The molecule has 0 aromatic heterocycles. The van der Waals surface area contributed by atoms with Crippen LogP contribution < -0.4 is 5.01 Å². The highest BCUT2D eigenvalue weighted by Gasteiger charge is 1.99. The third-order valence-electron chi connectivity index (χ3n) is 1.24. The Hall–Kier alpha value is -0.120. The first-order valence-corrected chi connectivity index (χ1v) is 2.79. The van der Waals surface area contributed by atoms with Crippen molar-refractivity contribution in [1.29, 1.82) is 0 Å². The monoisotopic (exact) mass is 119 g/mol. The molecular weight excluding hydrogens is 104 g/mol. The van der Waals surface area contributed by atoms with Crippen LogP contribution in [0.5, 0.6) is 0 Å². The fraction of sp³-hybridized carbons (Fsp3) is 1.00. The molecule has 0 bridgehead atoms. The third-order valence-corrected chi connectivity index (χ3v) is 1.24. The van der Waals surface area contributed by atoms with Gasteiger partial charge in [-0.25, -0.2) is 0 Å². The molecule has 0 radical (unpaired) electrons. The summed E-state index contributed by atoms with van der Waals surface area (Å²) >= 11 is 0. The summed E-state index contributed by atoms with van der Waals surface area (Å²) in [5, 5.41) is 11.7. The molecule has 0 amide bonds. The number of hydrogen-bond acceptors (Lipinski definition) is 2. The second kappa shape index (κ2) is 3.83. The molecule has 0 spiro atoms. The lowest BCUT2D eigenvalue weighted by molar-refractivity contribution is -0.993. The van der Waals surface area contributed by atoms with Crippen molar-refractivity contribution in [2.24, 2.45) is 0 Å².